The molecule has 1 aliphatic rings. The number of fused-ring (bicyclic) bond motifs is 6. The summed E-state index contributed by atoms with van der Waals surface area (Å²) >= 11 is 0. The topological polar surface area (TPSA) is 11.4 Å². The molecular formula is C54H51N3. The summed E-state index contributed by atoms with van der Waals surface area (Å²) in [6.07, 6.45) is 2.02. The molecule has 3 heteroatoms. The van der Waals surface area contributed by atoms with Crippen LogP contribution in [0.5, 0.6) is 0 Å². The van der Waals surface area contributed by atoms with E-state index in [0.29, 0.717) is 11.8 Å². The molecule has 3 nitrogen and oxygen atoms in total. The molecule has 8 aromatic rings. The summed E-state index contributed by atoms with van der Waals surface area (Å²) in [6, 6.07) is 51.4. The largest absolute Gasteiger partial charge is 0.344 e. The summed E-state index contributed by atoms with van der Waals surface area (Å²) < 4.78 is 2.47. The highest BCUT2D eigenvalue weighted by Crippen LogP contribution is 2.54. The highest BCUT2D eigenvalue weighted by atomic mass is 15.2. The summed E-state index contributed by atoms with van der Waals surface area (Å²) in [4.78, 5) is 4.84. The van der Waals surface area contributed by atoms with Crippen LogP contribution in [0.3, 0.4) is 0 Å². The van der Waals surface area contributed by atoms with Crippen LogP contribution in [0, 0.1) is 0 Å². The van der Waals surface area contributed by atoms with Crippen molar-refractivity contribution in [2.24, 2.45) is 0 Å². The first kappa shape index (κ1) is 36.3. The van der Waals surface area contributed by atoms with E-state index < -0.39 is 0 Å². The van der Waals surface area contributed by atoms with E-state index in [9.17, 15) is 0 Å². The Kier molecular flexibility index (Phi) is 8.73. The molecular weight excluding hydrogens is 691 g/mol. The summed E-state index contributed by atoms with van der Waals surface area (Å²) in [5.74, 6) is 0.699. The third kappa shape index (κ3) is 5.47. The Balaban J connectivity index is 1.42. The summed E-state index contributed by atoms with van der Waals surface area (Å²) in [5.41, 5.74) is 16.4. The van der Waals surface area contributed by atoms with Crippen molar-refractivity contribution in [2.45, 2.75) is 58.8 Å². The minimum absolute atomic E-state index is 0.184. The average molecular weight is 742 g/mol. The molecule has 0 N–H and O–H groups in total. The van der Waals surface area contributed by atoms with E-state index in [2.05, 4.69) is 209 Å². The fraction of sp³-hybridized carbons (Fsp3) is 0.185. The van der Waals surface area contributed by atoms with Gasteiger partial charge in [-0.15, -0.1) is 0 Å². The van der Waals surface area contributed by atoms with E-state index in [4.69, 9.17) is 6.58 Å². The molecule has 282 valence electrons. The van der Waals surface area contributed by atoms with Gasteiger partial charge >= 0.3 is 0 Å². The van der Waals surface area contributed by atoms with Gasteiger partial charge in [-0.2, -0.15) is 0 Å². The van der Waals surface area contributed by atoms with Gasteiger partial charge in [0, 0.05) is 51.0 Å². The van der Waals surface area contributed by atoms with Crippen molar-refractivity contribution in [3.63, 3.8) is 0 Å². The Morgan fingerprint density at radius 2 is 1.09 bits per heavy atom. The maximum atomic E-state index is 4.92. The van der Waals surface area contributed by atoms with Gasteiger partial charge in [-0.05, 0) is 76.1 Å². The molecule has 0 saturated carbocycles. The molecule has 0 bridgehead atoms. The van der Waals surface area contributed by atoms with Gasteiger partial charge in [0.15, 0.2) is 0 Å². The number of anilines is 4. The van der Waals surface area contributed by atoms with Crippen LogP contribution in [0.1, 0.15) is 86.8 Å². The fourth-order valence-corrected chi connectivity index (χ4v) is 9.59. The first-order chi connectivity index (χ1) is 27.5. The lowest BCUT2D eigenvalue weighted by molar-refractivity contribution is 0.632. The standard InChI is InChI=1S/C54H51N3/c1-10-37-30-32-49(56-45-26-15-11-20-41(45)42-21-12-16-27-46(42)56)52-50(57-47-28-17-13-24-43(47)54(7,8)44-25-14-18-29-48(44)57)33-31-40(51(37)52)36(6)55(9)53-38(34(2)3)22-19-23-39(53)35(4)5/h10-35H,1,6H2,2-5,7-9H3. The molecule has 57 heavy (non-hydrogen) atoms. The monoisotopic (exact) mass is 741 g/mol. The molecule has 9 rings (SSSR count). The minimum atomic E-state index is -0.184. The van der Waals surface area contributed by atoms with Crippen molar-refractivity contribution >= 4 is 67.1 Å². The highest BCUT2D eigenvalue weighted by Gasteiger charge is 2.37. The number of rotatable bonds is 8. The molecule has 2 heterocycles. The Hall–Kier alpha value is -6.32. The number of para-hydroxylation sites is 5. The van der Waals surface area contributed by atoms with Gasteiger partial charge in [-0.1, -0.05) is 164 Å². The lowest BCUT2D eigenvalue weighted by atomic mass is 9.73. The minimum Gasteiger partial charge on any atom is -0.344 e. The zero-order chi connectivity index (χ0) is 39.7. The zero-order valence-electron chi connectivity index (χ0n) is 34.3. The van der Waals surface area contributed by atoms with Crippen molar-refractivity contribution < 1.29 is 0 Å². The third-order valence-electron chi connectivity index (χ3n) is 12.5. The second kappa shape index (κ2) is 13.7. The fourth-order valence-electron chi connectivity index (χ4n) is 9.59. The first-order valence-electron chi connectivity index (χ1n) is 20.3. The number of aromatic nitrogens is 1. The molecule has 0 saturated heterocycles. The van der Waals surface area contributed by atoms with E-state index in [1.165, 1.54) is 61.1 Å². The lowest BCUT2D eigenvalue weighted by Crippen LogP contribution is -2.30. The summed E-state index contributed by atoms with van der Waals surface area (Å²) in [5, 5.41) is 4.75. The molecule has 0 spiro atoms. The number of nitrogens with zero attached hydrogens (tertiary/aromatic N) is 3. The molecule has 0 fully saturated rings. The van der Waals surface area contributed by atoms with E-state index in [1.807, 2.05) is 6.08 Å². The predicted octanol–water partition coefficient (Wildman–Crippen LogP) is 15.0. The van der Waals surface area contributed by atoms with Crippen LogP contribution in [0.2, 0.25) is 0 Å². The number of hydrogen-bond donors (Lipinski definition) is 0. The second-order valence-corrected chi connectivity index (χ2v) is 16.7. The van der Waals surface area contributed by atoms with E-state index in [-0.39, 0.29) is 5.41 Å². The number of benzene rings is 7. The van der Waals surface area contributed by atoms with Crippen molar-refractivity contribution in [1.82, 2.24) is 4.57 Å². The van der Waals surface area contributed by atoms with E-state index in [1.54, 1.807) is 0 Å². The molecule has 1 aromatic heterocycles. The van der Waals surface area contributed by atoms with Gasteiger partial charge in [0.05, 0.1) is 33.8 Å². The van der Waals surface area contributed by atoms with Crippen LogP contribution in [0.4, 0.5) is 22.7 Å². The molecule has 7 aromatic carbocycles. The molecule has 0 amide bonds. The second-order valence-electron chi connectivity index (χ2n) is 16.7. The van der Waals surface area contributed by atoms with E-state index >= 15 is 0 Å². The van der Waals surface area contributed by atoms with Gasteiger partial charge in [-0.25, -0.2) is 0 Å². The predicted molar refractivity (Wildman–Crippen MR) is 247 cm³/mol. The van der Waals surface area contributed by atoms with Crippen LogP contribution < -0.4 is 9.80 Å². The highest BCUT2D eigenvalue weighted by molar-refractivity contribution is 6.16. The zero-order valence-corrected chi connectivity index (χ0v) is 34.3. The van der Waals surface area contributed by atoms with Gasteiger partial charge < -0.3 is 14.4 Å². The van der Waals surface area contributed by atoms with Gasteiger partial charge in [0.25, 0.3) is 0 Å². The quantitative estimate of drug-likeness (QED) is 0.154. The third-order valence-corrected chi connectivity index (χ3v) is 12.5. The molecule has 0 unspecified atom stereocenters. The Morgan fingerprint density at radius 3 is 1.63 bits per heavy atom. The normalized spacial score (nSPS) is 13.4. The van der Waals surface area contributed by atoms with Crippen molar-refractivity contribution in [3.8, 4) is 5.69 Å². The maximum Gasteiger partial charge on any atom is 0.0562 e. The molecule has 0 aliphatic carbocycles. The molecule has 0 atom stereocenters. The van der Waals surface area contributed by atoms with Crippen LogP contribution in [0.25, 0.3) is 50.0 Å². The van der Waals surface area contributed by atoms with Gasteiger partial charge in [0.1, 0.15) is 0 Å². The van der Waals surface area contributed by atoms with Gasteiger partial charge in [-0.3, -0.25) is 0 Å². The van der Waals surface area contributed by atoms with Crippen LogP contribution in [0.15, 0.2) is 153 Å². The summed E-state index contributed by atoms with van der Waals surface area (Å²) in [7, 11) is 2.19. The van der Waals surface area contributed by atoms with Crippen LogP contribution in [-0.4, -0.2) is 11.6 Å². The number of hydrogen-bond acceptors (Lipinski definition) is 2. The van der Waals surface area contributed by atoms with Crippen molar-refractivity contribution in [1.29, 1.82) is 0 Å². The average Bonchev–Trinajstić information content (AvgIpc) is 3.56. The smallest absolute Gasteiger partial charge is 0.0562 e. The maximum absolute atomic E-state index is 4.92. The van der Waals surface area contributed by atoms with E-state index in [0.717, 1.165) is 39.0 Å². The Morgan fingerprint density at radius 1 is 0.579 bits per heavy atom. The first-order valence-corrected chi connectivity index (χ1v) is 20.3. The van der Waals surface area contributed by atoms with Crippen LogP contribution >= 0.6 is 0 Å². The SMILES string of the molecule is C=Cc1ccc(-n2c3ccccc3c3ccccc32)c2c(N3c4ccccc4C(C)(C)c4ccccc43)ccc(C(=C)N(C)c3c(C(C)C)cccc3C(C)C)c12. The Bertz CT molecular complexity index is 2770. The van der Waals surface area contributed by atoms with Crippen molar-refractivity contribution in [3.05, 3.63) is 186 Å². The van der Waals surface area contributed by atoms with Gasteiger partial charge in [0.2, 0.25) is 0 Å². The molecule has 0 radical (unpaired) electrons. The lowest BCUT2D eigenvalue weighted by Gasteiger charge is -2.42. The Labute approximate surface area is 337 Å². The molecule has 1 aliphatic heterocycles. The van der Waals surface area contributed by atoms with Crippen LogP contribution in [-0.2, 0) is 5.41 Å². The summed E-state index contributed by atoms with van der Waals surface area (Å²) in [6.45, 7) is 23.2. The van der Waals surface area contributed by atoms with Crippen molar-refractivity contribution in [2.75, 3.05) is 16.8 Å².